The highest BCUT2D eigenvalue weighted by atomic mass is 79.9. The summed E-state index contributed by atoms with van der Waals surface area (Å²) in [5, 5.41) is 2.87. The molecule has 2 rings (SSSR count). The minimum atomic E-state index is -0.143. The van der Waals surface area contributed by atoms with Crippen LogP contribution in [0.2, 0.25) is 0 Å². The normalized spacial score (nSPS) is 10.2. The summed E-state index contributed by atoms with van der Waals surface area (Å²) in [5.41, 5.74) is 1.34. The maximum Gasteiger partial charge on any atom is 0.255 e. The van der Waals surface area contributed by atoms with Gasteiger partial charge < -0.3 is 5.32 Å². The maximum atomic E-state index is 12.1. The summed E-state index contributed by atoms with van der Waals surface area (Å²) in [6, 6.07) is 12.9. The van der Waals surface area contributed by atoms with E-state index in [1.807, 2.05) is 30.3 Å². The lowest BCUT2D eigenvalue weighted by Gasteiger charge is -2.09. The second kappa shape index (κ2) is 5.99. The molecular formula is C13H8Br3NO. The zero-order valence-electron chi connectivity index (χ0n) is 9.08. The van der Waals surface area contributed by atoms with Crippen LogP contribution in [0, 0.1) is 0 Å². The van der Waals surface area contributed by atoms with Crippen LogP contribution in [-0.2, 0) is 0 Å². The van der Waals surface area contributed by atoms with Crippen molar-refractivity contribution >= 4 is 59.4 Å². The number of amides is 1. The molecule has 0 aliphatic carbocycles. The van der Waals surface area contributed by atoms with Crippen molar-refractivity contribution < 1.29 is 4.79 Å². The summed E-state index contributed by atoms with van der Waals surface area (Å²) in [7, 11) is 0. The van der Waals surface area contributed by atoms with Gasteiger partial charge >= 0.3 is 0 Å². The Kier molecular flexibility index (Phi) is 4.59. The van der Waals surface area contributed by atoms with E-state index in [-0.39, 0.29) is 5.91 Å². The molecule has 0 radical (unpaired) electrons. The van der Waals surface area contributed by atoms with Gasteiger partial charge in [0.2, 0.25) is 0 Å². The third-order valence-corrected chi connectivity index (χ3v) is 4.16. The van der Waals surface area contributed by atoms with E-state index in [1.165, 1.54) is 0 Å². The molecule has 1 N–H and O–H groups in total. The molecule has 0 bridgehead atoms. The molecule has 1 amide bonds. The summed E-state index contributed by atoms with van der Waals surface area (Å²) in [6.45, 7) is 0. The highest BCUT2D eigenvalue weighted by Gasteiger charge is 2.10. The van der Waals surface area contributed by atoms with Crippen molar-refractivity contribution in [3.63, 3.8) is 0 Å². The molecule has 0 heterocycles. The van der Waals surface area contributed by atoms with Gasteiger partial charge in [0.15, 0.2) is 0 Å². The standard InChI is InChI=1S/C13H8Br3NO/c14-9-6-4-8(5-7-9)13(18)17-12-10(15)2-1-3-11(12)16/h1-7H,(H,17,18). The quantitative estimate of drug-likeness (QED) is 0.690. The molecule has 2 aromatic carbocycles. The van der Waals surface area contributed by atoms with E-state index >= 15 is 0 Å². The fourth-order valence-corrected chi connectivity index (χ4v) is 2.87. The van der Waals surface area contributed by atoms with Crippen LogP contribution < -0.4 is 5.32 Å². The number of rotatable bonds is 2. The Hall–Kier alpha value is -0.650. The van der Waals surface area contributed by atoms with E-state index in [2.05, 4.69) is 53.1 Å². The summed E-state index contributed by atoms with van der Waals surface area (Å²) in [4.78, 5) is 12.1. The lowest BCUT2D eigenvalue weighted by Crippen LogP contribution is -2.12. The van der Waals surface area contributed by atoms with Crippen LogP contribution in [0.1, 0.15) is 10.4 Å². The first-order valence-electron chi connectivity index (χ1n) is 5.09. The number of benzene rings is 2. The highest BCUT2D eigenvalue weighted by Crippen LogP contribution is 2.30. The van der Waals surface area contributed by atoms with E-state index in [9.17, 15) is 4.79 Å². The maximum absolute atomic E-state index is 12.1. The van der Waals surface area contributed by atoms with E-state index in [1.54, 1.807) is 12.1 Å². The Morgan fingerprint density at radius 3 is 2.00 bits per heavy atom. The smallest absolute Gasteiger partial charge is 0.255 e. The summed E-state index contributed by atoms with van der Waals surface area (Å²) in [6.07, 6.45) is 0. The predicted octanol–water partition coefficient (Wildman–Crippen LogP) is 5.23. The van der Waals surface area contributed by atoms with Crippen LogP contribution in [0.15, 0.2) is 55.9 Å². The molecule has 0 aliphatic rings. The molecule has 0 fully saturated rings. The Balaban J connectivity index is 2.24. The molecule has 2 aromatic rings. The van der Waals surface area contributed by atoms with Gasteiger partial charge in [-0.2, -0.15) is 0 Å². The van der Waals surface area contributed by atoms with Gasteiger partial charge in [0.05, 0.1) is 5.69 Å². The Labute approximate surface area is 130 Å². The van der Waals surface area contributed by atoms with Gasteiger partial charge in [0, 0.05) is 19.0 Å². The lowest BCUT2D eigenvalue weighted by atomic mass is 10.2. The average Bonchev–Trinajstić information content (AvgIpc) is 2.34. The molecule has 2 nitrogen and oxygen atoms in total. The molecule has 18 heavy (non-hydrogen) atoms. The van der Waals surface area contributed by atoms with E-state index in [0.29, 0.717) is 5.56 Å². The Bertz CT molecular complexity index is 561. The third-order valence-electron chi connectivity index (χ3n) is 2.31. The number of halogens is 3. The zero-order valence-corrected chi connectivity index (χ0v) is 13.8. The number of nitrogens with one attached hydrogen (secondary N) is 1. The number of hydrogen-bond acceptors (Lipinski definition) is 1. The second-order valence-corrected chi connectivity index (χ2v) is 6.18. The van der Waals surface area contributed by atoms with Gasteiger partial charge in [-0.25, -0.2) is 0 Å². The molecule has 0 aliphatic heterocycles. The third kappa shape index (κ3) is 3.22. The molecular weight excluding hydrogens is 426 g/mol. The molecule has 5 heteroatoms. The van der Waals surface area contributed by atoms with Crippen molar-refractivity contribution in [1.29, 1.82) is 0 Å². The van der Waals surface area contributed by atoms with Crippen LogP contribution in [0.4, 0.5) is 5.69 Å². The van der Waals surface area contributed by atoms with Crippen LogP contribution in [0.5, 0.6) is 0 Å². The minimum absolute atomic E-state index is 0.143. The number of carbonyl (C=O) groups excluding carboxylic acids is 1. The molecule has 0 unspecified atom stereocenters. The van der Waals surface area contributed by atoms with Gasteiger partial charge in [-0.3, -0.25) is 4.79 Å². The van der Waals surface area contributed by atoms with Gasteiger partial charge in [-0.1, -0.05) is 22.0 Å². The largest absolute Gasteiger partial charge is 0.320 e. The highest BCUT2D eigenvalue weighted by molar-refractivity contribution is 9.11. The van der Waals surface area contributed by atoms with Gasteiger partial charge in [0.1, 0.15) is 0 Å². The van der Waals surface area contributed by atoms with E-state index in [0.717, 1.165) is 19.1 Å². The first-order chi connectivity index (χ1) is 8.58. The van der Waals surface area contributed by atoms with Gasteiger partial charge in [0.25, 0.3) is 5.91 Å². The van der Waals surface area contributed by atoms with E-state index in [4.69, 9.17) is 0 Å². The fourth-order valence-electron chi connectivity index (χ4n) is 1.40. The monoisotopic (exact) mass is 431 g/mol. The first-order valence-corrected chi connectivity index (χ1v) is 7.47. The minimum Gasteiger partial charge on any atom is -0.320 e. The number of para-hydroxylation sites is 1. The van der Waals surface area contributed by atoms with Gasteiger partial charge in [-0.05, 0) is 68.3 Å². The van der Waals surface area contributed by atoms with E-state index < -0.39 is 0 Å². The summed E-state index contributed by atoms with van der Waals surface area (Å²) >= 11 is 10.2. The summed E-state index contributed by atoms with van der Waals surface area (Å²) < 4.78 is 2.62. The van der Waals surface area contributed by atoms with Crippen molar-refractivity contribution in [2.24, 2.45) is 0 Å². The SMILES string of the molecule is O=C(Nc1c(Br)cccc1Br)c1ccc(Br)cc1. The second-order valence-electron chi connectivity index (χ2n) is 3.56. The van der Waals surface area contributed by atoms with Crippen molar-refractivity contribution in [3.8, 4) is 0 Å². The predicted molar refractivity (Wildman–Crippen MR) is 83.9 cm³/mol. The fraction of sp³-hybridized carbons (Fsp3) is 0. The topological polar surface area (TPSA) is 29.1 Å². The van der Waals surface area contributed by atoms with Gasteiger partial charge in [-0.15, -0.1) is 0 Å². The van der Waals surface area contributed by atoms with Crippen LogP contribution in [-0.4, -0.2) is 5.91 Å². The summed E-state index contributed by atoms with van der Waals surface area (Å²) in [5.74, 6) is -0.143. The van der Waals surface area contributed by atoms with Crippen LogP contribution in [0.25, 0.3) is 0 Å². The number of anilines is 1. The van der Waals surface area contributed by atoms with Crippen molar-refractivity contribution in [2.45, 2.75) is 0 Å². The first kappa shape index (κ1) is 13.8. The molecule has 0 spiro atoms. The molecule has 0 atom stereocenters. The average molecular weight is 434 g/mol. The van der Waals surface area contributed by atoms with Crippen LogP contribution in [0.3, 0.4) is 0 Å². The zero-order chi connectivity index (χ0) is 13.1. The Morgan fingerprint density at radius 2 is 1.44 bits per heavy atom. The van der Waals surface area contributed by atoms with Crippen molar-refractivity contribution in [3.05, 3.63) is 61.4 Å². The Morgan fingerprint density at radius 1 is 0.889 bits per heavy atom. The lowest BCUT2D eigenvalue weighted by molar-refractivity contribution is 0.102. The molecule has 92 valence electrons. The van der Waals surface area contributed by atoms with Crippen LogP contribution >= 0.6 is 47.8 Å². The van der Waals surface area contributed by atoms with Crippen molar-refractivity contribution in [2.75, 3.05) is 5.32 Å². The molecule has 0 aromatic heterocycles. The molecule has 0 saturated heterocycles. The molecule has 0 saturated carbocycles. The number of carbonyl (C=O) groups is 1. The van der Waals surface area contributed by atoms with Crippen molar-refractivity contribution in [1.82, 2.24) is 0 Å². The number of hydrogen-bond donors (Lipinski definition) is 1.